The summed E-state index contributed by atoms with van der Waals surface area (Å²) in [7, 11) is 0. The van der Waals surface area contributed by atoms with Gasteiger partial charge in [-0.25, -0.2) is 4.79 Å². The summed E-state index contributed by atoms with van der Waals surface area (Å²) >= 11 is 0. The molecule has 0 fully saturated rings. The lowest BCUT2D eigenvalue weighted by Crippen LogP contribution is -2.11. The topological polar surface area (TPSA) is 37.3 Å². The van der Waals surface area contributed by atoms with Crippen LogP contribution in [0.2, 0.25) is 0 Å². The Kier molecular flexibility index (Phi) is 4.53. The Morgan fingerprint density at radius 2 is 1.35 bits per heavy atom. The third-order valence-electron chi connectivity index (χ3n) is 4.05. The first kappa shape index (κ1) is 15.0. The van der Waals surface area contributed by atoms with E-state index in [2.05, 4.69) is 24.3 Å². The van der Waals surface area contributed by atoms with Crippen molar-refractivity contribution in [2.75, 3.05) is 0 Å². The predicted octanol–water partition coefficient (Wildman–Crippen LogP) is 4.76. The second-order valence-corrected chi connectivity index (χ2v) is 5.55. The van der Waals surface area contributed by atoms with Crippen LogP contribution in [0.15, 0.2) is 84.9 Å². The van der Waals surface area contributed by atoms with E-state index in [-0.39, 0.29) is 5.92 Å². The Hall–Kier alpha value is -2.87. The number of carbonyl (C=O) groups is 1. The first-order valence-corrected chi connectivity index (χ1v) is 7.67. The summed E-state index contributed by atoms with van der Waals surface area (Å²) in [6, 6.07) is 27.6. The van der Waals surface area contributed by atoms with Gasteiger partial charge < -0.3 is 5.11 Å². The van der Waals surface area contributed by atoms with Gasteiger partial charge in [-0.3, -0.25) is 0 Å². The number of hydrogen-bond donors (Lipinski definition) is 1. The van der Waals surface area contributed by atoms with E-state index >= 15 is 0 Å². The van der Waals surface area contributed by atoms with Crippen molar-refractivity contribution in [3.8, 4) is 0 Å². The molecule has 0 radical (unpaired) electrons. The lowest BCUT2D eigenvalue weighted by molar-refractivity contribution is 0.0695. The summed E-state index contributed by atoms with van der Waals surface area (Å²) in [5, 5.41) is 9.53. The summed E-state index contributed by atoms with van der Waals surface area (Å²) in [6.07, 6.45) is 0.773. The number of aromatic carboxylic acids is 1. The zero-order valence-corrected chi connectivity index (χ0v) is 12.7. The molecule has 3 rings (SSSR count). The van der Waals surface area contributed by atoms with E-state index in [1.165, 1.54) is 5.56 Å². The zero-order chi connectivity index (χ0) is 16.1. The lowest BCUT2D eigenvalue weighted by atomic mass is 9.83. The Bertz CT molecular complexity index is 779. The molecule has 114 valence electrons. The van der Waals surface area contributed by atoms with Crippen LogP contribution >= 0.6 is 0 Å². The van der Waals surface area contributed by atoms with Gasteiger partial charge in [-0.2, -0.15) is 0 Å². The first-order valence-electron chi connectivity index (χ1n) is 7.67. The summed E-state index contributed by atoms with van der Waals surface area (Å²) in [5.41, 5.74) is 3.55. The molecule has 0 spiro atoms. The van der Waals surface area contributed by atoms with Crippen molar-refractivity contribution in [1.29, 1.82) is 0 Å². The fourth-order valence-corrected chi connectivity index (χ4v) is 2.94. The Balaban J connectivity index is 2.08. The van der Waals surface area contributed by atoms with Crippen LogP contribution in [-0.2, 0) is 6.42 Å². The number of rotatable bonds is 5. The average Bonchev–Trinajstić information content (AvgIpc) is 2.61. The van der Waals surface area contributed by atoms with Crippen molar-refractivity contribution in [1.82, 2.24) is 0 Å². The zero-order valence-electron chi connectivity index (χ0n) is 12.7. The third-order valence-corrected chi connectivity index (χ3v) is 4.05. The fourth-order valence-electron chi connectivity index (χ4n) is 2.94. The molecule has 1 unspecified atom stereocenters. The Morgan fingerprint density at radius 1 is 0.783 bits per heavy atom. The summed E-state index contributed by atoms with van der Waals surface area (Å²) in [6.45, 7) is 0. The molecule has 0 amide bonds. The summed E-state index contributed by atoms with van der Waals surface area (Å²) in [4.78, 5) is 11.6. The van der Waals surface area contributed by atoms with Crippen molar-refractivity contribution >= 4 is 5.97 Å². The molecular formula is C21H18O2. The molecule has 0 aromatic heterocycles. The van der Waals surface area contributed by atoms with Gasteiger partial charge in [0, 0.05) is 5.92 Å². The second-order valence-electron chi connectivity index (χ2n) is 5.55. The van der Waals surface area contributed by atoms with Crippen LogP contribution in [0.5, 0.6) is 0 Å². The number of carboxylic acids is 1. The van der Waals surface area contributed by atoms with Crippen molar-refractivity contribution in [3.63, 3.8) is 0 Å². The van der Waals surface area contributed by atoms with Crippen molar-refractivity contribution in [2.24, 2.45) is 0 Å². The van der Waals surface area contributed by atoms with Crippen molar-refractivity contribution < 1.29 is 9.90 Å². The largest absolute Gasteiger partial charge is 0.478 e. The number of benzene rings is 3. The minimum atomic E-state index is -0.880. The predicted molar refractivity (Wildman–Crippen MR) is 91.8 cm³/mol. The van der Waals surface area contributed by atoms with Crippen LogP contribution < -0.4 is 0 Å². The van der Waals surface area contributed by atoms with Gasteiger partial charge in [0.15, 0.2) is 0 Å². The highest BCUT2D eigenvalue weighted by Gasteiger charge is 2.20. The second kappa shape index (κ2) is 6.93. The van der Waals surface area contributed by atoms with Crippen molar-refractivity contribution in [2.45, 2.75) is 12.3 Å². The molecule has 1 N–H and O–H groups in total. The maximum absolute atomic E-state index is 11.6. The maximum Gasteiger partial charge on any atom is 0.335 e. The lowest BCUT2D eigenvalue weighted by Gasteiger charge is -2.20. The van der Waals surface area contributed by atoms with E-state index in [1.807, 2.05) is 48.5 Å². The third kappa shape index (κ3) is 3.49. The van der Waals surface area contributed by atoms with Crippen LogP contribution in [0, 0.1) is 0 Å². The SMILES string of the molecule is O=C(O)c1ccccc1C(Cc1ccccc1)c1ccccc1. The summed E-state index contributed by atoms with van der Waals surface area (Å²) in [5.74, 6) is -0.861. The Labute approximate surface area is 136 Å². The quantitative estimate of drug-likeness (QED) is 0.738. The first-order chi connectivity index (χ1) is 11.3. The molecule has 0 heterocycles. The van der Waals surface area contributed by atoms with E-state index in [9.17, 15) is 9.90 Å². The molecule has 0 aliphatic heterocycles. The molecule has 0 saturated carbocycles. The monoisotopic (exact) mass is 302 g/mol. The molecule has 3 aromatic rings. The van der Waals surface area contributed by atoms with Crippen molar-refractivity contribution in [3.05, 3.63) is 107 Å². The van der Waals surface area contributed by atoms with E-state index in [0.717, 1.165) is 17.5 Å². The van der Waals surface area contributed by atoms with Gasteiger partial charge in [-0.05, 0) is 29.2 Å². The average molecular weight is 302 g/mol. The standard InChI is InChI=1S/C21H18O2/c22-21(23)19-14-8-7-13-18(19)20(17-11-5-2-6-12-17)15-16-9-3-1-4-10-16/h1-14,20H,15H2,(H,22,23). The smallest absolute Gasteiger partial charge is 0.335 e. The molecule has 1 atom stereocenters. The molecular weight excluding hydrogens is 284 g/mol. The number of hydrogen-bond acceptors (Lipinski definition) is 1. The molecule has 0 saturated heterocycles. The number of carboxylic acid groups (broad SMARTS) is 1. The minimum Gasteiger partial charge on any atom is -0.478 e. The van der Waals surface area contributed by atoms with Gasteiger partial charge in [0.1, 0.15) is 0 Å². The minimum absolute atomic E-state index is 0.0194. The summed E-state index contributed by atoms with van der Waals surface area (Å²) < 4.78 is 0. The van der Waals surface area contributed by atoms with E-state index in [0.29, 0.717) is 5.56 Å². The molecule has 0 aliphatic carbocycles. The van der Waals surface area contributed by atoms with Gasteiger partial charge in [-0.15, -0.1) is 0 Å². The van der Waals surface area contributed by atoms with E-state index < -0.39 is 5.97 Å². The van der Waals surface area contributed by atoms with Gasteiger partial charge >= 0.3 is 5.97 Å². The molecule has 3 aromatic carbocycles. The van der Waals surface area contributed by atoms with E-state index in [1.54, 1.807) is 12.1 Å². The molecule has 2 heteroatoms. The molecule has 0 bridgehead atoms. The highest BCUT2D eigenvalue weighted by atomic mass is 16.4. The maximum atomic E-state index is 11.6. The van der Waals surface area contributed by atoms with Crippen LogP contribution in [0.1, 0.15) is 33.0 Å². The van der Waals surface area contributed by atoms with Gasteiger partial charge in [0.25, 0.3) is 0 Å². The highest BCUT2D eigenvalue weighted by molar-refractivity contribution is 5.89. The van der Waals surface area contributed by atoms with E-state index in [4.69, 9.17) is 0 Å². The van der Waals surface area contributed by atoms with Crippen LogP contribution in [-0.4, -0.2) is 11.1 Å². The van der Waals surface area contributed by atoms with Gasteiger partial charge in [0.05, 0.1) is 5.56 Å². The normalized spacial score (nSPS) is 11.8. The van der Waals surface area contributed by atoms with Crippen LogP contribution in [0.3, 0.4) is 0 Å². The Morgan fingerprint density at radius 3 is 2.00 bits per heavy atom. The van der Waals surface area contributed by atoms with Crippen LogP contribution in [0.4, 0.5) is 0 Å². The molecule has 0 aliphatic rings. The van der Waals surface area contributed by atoms with Gasteiger partial charge in [-0.1, -0.05) is 78.9 Å². The molecule has 23 heavy (non-hydrogen) atoms. The fraction of sp³-hybridized carbons (Fsp3) is 0.0952. The molecule has 2 nitrogen and oxygen atoms in total. The van der Waals surface area contributed by atoms with Gasteiger partial charge in [0.2, 0.25) is 0 Å². The highest BCUT2D eigenvalue weighted by Crippen LogP contribution is 2.31. The van der Waals surface area contributed by atoms with Crippen LogP contribution in [0.25, 0.3) is 0 Å².